The summed E-state index contributed by atoms with van der Waals surface area (Å²) < 4.78 is 18.4. The van der Waals surface area contributed by atoms with E-state index in [1.165, 1.54) is 17.4 Å². The van der Waals surface area contributed by atoms with Crippen LogP contribution in [0.15, 0.2) is 18.2 Å². The summed E-state index contributed by atoms with van der Waals surface area (Å²) >= 11 is 7.08. The Hall–Kier alpha value is -2.43. The average molecular weight is 379 g/mol. The fourth-order valence-electron chi connectivity index (χ4n) is 2.64. The number of hydrogen-bond acceptors (Lipinski definition) is 5. The van der Waals surface area contributed by atoms with Crippen molar-refractivity contribution >= 4 is 39.8 Å². The Kier molecular flexibility index (Phi) is 5.02. The molecule has 0 unspecified atom stereocenters. The molecule has 0 bridgehead atoms. The lowest BCUT2D eigenvalue weighted by molar-refractivity contribution is -0.119. The van der Waals surface area contributed by atoms with Gasteiger partial charge in [0.25, 0.3) is 5.91 Å². The van der Waals surface area contributed by atoms with Gasteiger partial charge in [0.2, 0.25) is 0 Å². The Balaban J connectivity index is 1.63. The van der Waals surface area contributed by atoms with Gasteiger partial charge in [-0.05, 0) is 43.0 Å². The zero-order valence-electron chi connectivity index (χ0n) is 12.9. The first-order chi connectivity index (χ1) is 12.0. The Morgan fingerprint density at radius 1 is 1.40 bits per heavy atom. The largest absolute Gasteiger partial charge is 0.452 e. The summed E-state index contributed by atoms with van der Waals surface area (Å²) in [7, 11) is 0. The summed E-state index contributed by atoms with van der Waals surface area (Å²) in [6.07, 6.45) is 2.73. The van der Waals surface area contributed by atoms with Crippen molar-refractivity contribution in [3.8, 4) is 6.07 Å². The van der Waals surface area contributed by atoms with E-state index in [-0.39, 0.29) is 10.6 Å². The highest BCUT2D eigenvalue weighted by molar-refractivity contribution is 7.16. The maximum atomic E-state index is 13.6. The van der Waals surface area contributed by atoms with Crippen LogP contribution in [0.3, 0.4) is 0 Å². The van der Waals surface area contributed by atoms with Crippen molar-refractivity contribution in [1.29, 1.82) is 5.26 Å². The molecule has 1 amide bonds. The Morgan fingerprint density at radius 2 is 2.20 bits per heavy atom. The first-order valence-electron chi connectivity index (χ1n) is 7.46. The summed E-state index contributed by atoms with van der Waals surface area (Å²) in [5.74, 6) is -2.35. The maximum Gasteiger partial charge on any atom is 0.341 e. The number of benzene rings is 1. The summed E-state index contributed by atoms with van der Waals surface area (Å²) in [5, 5.41) is 12.5. The van der Waals surface area contributed by atoms with Gasteiger partial charge in [-0.1, -0.05) is 11.6 Å². The summed E-state index contributed by atoms with van der Waals surface area (Å²) in [5.41, 5.74) is 1.12. The number of nitrogens with one attached hydrogen (secondary N) is 1. The number of thiophene rings is 1. The van der Waals surface area contributed by atoms with Crippen molar-refractivity contribution in [3.63, 3.8) is 0 Å². The van der Waals surface area contributed by atoms with Crippen molar-refractivity contribution in [1.82, 2.24) is 0 Å². The quantitative estimate of drug-likeness (QED) is 0.823. The van der Waals surface area contributed by atoms with Crippen molar-refractivity contribution in [2.45, 2.75) is 19.3 Å². The number of amides is 1. The van der Waals surface area contributed by atoms with Crippen molar-refractivity contribution in [2.24, 2.45) is 0 Å². The highest BCUT2D eigenvalue weighted by Crippen LogP contribution is 2.38. The number of esters is 1. The molecule has 25 heavy (non-hydrogen) atoms. The second-order valence-electron chi connectivity index (χ2n) is 5.42. The van der Waals surface area contributed by atoms with Gasteiger partial charge in [-0.25, -0.2) is 9.18 Å². The number of fused-ring (bicyclic) bond motifs is 1. The first-order valence-corrected chi connectivity index (χ1v) is 8.65. The molecule has 1 aromatic heterocycles. The number of anilines is 1. The first kappa shape index (κ1) is 17.4. The SMILES string of the molecule is N#Cc1c(NC(=O)COC(=O)c2cc(Cl)ccc2F)sc2c1CCC2. The number of ether oxygens (including phenoxy) is 1. The van der Waals surface area contributed by atoms with Gasteiger partial charge in [0, 0.05) is 9.90 Å². The van der Waals surface area contributed by atoms with Crippen LogP contribution in [-0.4, -0.2) is 18.5 Å². The molecule has 1 aromatic carbocycles. The monoisotopic (exact) mass is 378 g/mol. The average Bonchev–Trinajstić information content (AvgIpc) is 3.15. The molecule has 5 nitrogen and oxygen atoms in total. The fraction of sp³-hybridized carbons (Fsp3) is 0.235. The number of carbonyl (C=O) groups is 2. The second-order valence-corrected chi connectivity index (χ2v) is 6.96. The number of halogens is 2. The van der Waals surface area contributed by atoms with Crippen LogP contribution < -0.4 is 5.32 Å². The third-order valence-corrected chi connectivity index (χ3v) is 5.21. The molecule has 3 rings (SSSR count). The minimum Gasteiger partial charge on any atom is -0.452 e. The number of rotatable bonds is 4. The highest BCUT2D eigenvalue weighted by atomic mass is 35.5. The van der Waals surface area contributed by atoms with E-state index in [9.17, 15) is 19.2 Å². The molecule has 0 saturated heterocycles. The minimum atomic E-state index is -0.982. The van der Waals surface area contributed by atoms with Crippen LogP contribution >= 0.6 is 22.9 Å². The lowest BCUT2D eigenvalue weighted by Crippen LogP contribution is -2.21. The molecular weight excluding hydrogens is 367 g/mol. The summed E-state index contributed by atoms with van der Waals surface area (Å²) in [4.78, 5) is 24.9. The maximum absolute atomic E-state index is 13.6. The van der Waals surface area contributed by atoms with Gasteiger partial charge in [0.1, 0.15) is 16.9 Å². The van der Waals surface area contributed by atoms with E-state index in [0.29, 0.717) is 10.6 Å². The molecule has 128 valence electrons. The lowest BCUT2D eigenvalue weighted by atomic mass is 10.1. The highest BCUT2D eigenvalue weighted by Gasteiger charge is 2.23. The van der Waals surface area contributed by atoms with E-state index in [1.54, 1.807) is 0 Å². The summed E-state index contributed by atoms with van der Waals surface area (Å²) in [6, 6.07) is 5.60. The predicted octanol–water partition coefficient (Wildman–Crippen LogP) is 3.70. The van der Waals surface area contributed by atoms with Gasteiger partial charge in [-0.15, -0.1) is 11.3 Å². The van der Waals surface area contributed by atoms with Gasteiger partial charge in [-0.3, -0.25) is 4.79 Å². The van der Waals surface area contributed by atoms with Crippen LogP contribution in [0.4, 0.5) is 9.39 Å². The zero-order valence-corrected chi connectivity index (χ0v) is 14.5. The standard InChI is InChI=1S/C17H12ClFN2O3S/c18-9-4-5-13(19)11(6-9)17(23)24-8-15(22)21-16-12(7-20)10-2-1-3-14(10)25-16/h4-6H,1-3,8H2,(H,21,22). The molecule has 1 aliphatic carbocycles. The molecule has 0 aliphatic heterocycles. The van der Waals surface area contributed by atoms with Crippen molar-refractivity contribution in [3.05, 3.63) is 50.6 Å². The van der Waals surface area contributed by atoms with Crippen molar-refractivity contribution < 1.29 is 18.7 Å². The Labute approximate surface area is 152 Å². The molecule has 8 heteroatoms. The minimum absolute atomic E-state index is 0.185. The number of nitrogens with zero attached hydrogens (tertiary/aromatic N) is 1. The van der Waals surface area contributed by atoms with Crippen LogP contribution in [0, 0.1) is 17.1 Å². The third-order valence-electron chi connectivity index (χ3n) is 3.77. The van der Waals surface area contributed by atoms with Gasteiger partial charge in [0.05, 0.1) is 11.1 Å². The predicted molar refractivity (Wildman–Crippen MR) is 91.4 cm³/mol. The molecule has 0 atom stereocenters. The van der Waals surface area contributed by atoms with E-state index < -0.39 is 24.3 Å². The Bertz CT molecular complexity index is 904. The van der Waals surface area contributed by atoms with Crippen LogP contribution in [0.1, 0.15) is 32.8 Å². The van der Waals surface area contributed by atoms with Crippen molar-refractivity contribution in [2.75, 3.05) is 11.9 Å². The number of nitriles is 1. The molecule has 0 saturated carbocycles. The second kappa shape index (κ2) is 7.21. The molecular formula is C17H12ClFN2O3S. The van der Waals surface area contributed by atoms with Gasteiger partial charge < -0.3 is 10.1 Å². The topological polar surface area (TPSA) is 79.2 Å². The van der Waals surface area contributed by atoms with Crippen LogP contribution in [0.25, 0.3) is 0 Å². The van der Waals surface area contributed by atoms with Crippen LogP contribution in [0.5, 0.6) is 0 Å². The zero-order chi connectivity index (χ0) is 18.0. The van der Waals surface area contributed by atoms with E-state index in [1.807, 2.05) is 0 Å². The van der Waals surface area contributed by atoms with E-state index in [2.05, 4.69) is 11.4 Å². The van der Waals surface area contributed by atoms with Crippen LogP contribution in [-0.2, 0) is 22.4 Å². The fourth-order valence-corrected chi connectivity index (χ4v) is 4.06. The van der Waals surface area contributed by atoms with E-state index in [0.717, 1.165) is 41.8 Å². The Morgan fingerprint density at radius 3 is 2.96 bits per heavy atom. The lowest BCUT2D eigenvalue weighted by Gasteiger charge is -2.07. The van der Waals surface area contributed by atoms with E-state index in [4.69, 9.17) is 16.3 Å². The summed E-state index contributed by atoms with van der Waals surface area (Å²) in [6.45, 7) is -0.585. The molecule has 2 aromatic rings. The normalized spacial score (nSPS) is 12.4. The number of carbonyl (C=O) groups excluding carboxylic acids is 2. The van der Waals surface area contributed by atoms with Gasteiger partial charge >= 0.3 is 5.97 Å². The molecule has 1 aliphatic rings. The molecule has 1 heterocycles. The number of hydrogen-bond donors (Lipinski definition) is 1. The van der Waals surface area contributed by atoms with Gasteiger partial charge in [0.15, 0.2) is 6.61 Å². The molecule has 0 spiro atoms. The smallest absolute Gasteiger partial charge is 0.341 e. The molecule has 0 radical (unpaired) electrons. The molecule has 1 N–H and O–H groups in total. The van der Waals surface area contributed by atoms with E-state index >= 15 is 0 Å². The third kappa shape index (κ3) is 3.65. The van der Waals surface area contributed by atoms with Gasteiger partial charge in [-0.2, -0.15) is 5.26 Å². The van der Waals surface area contributed by atoms with Crippen LogP contribution in [0.2, 0.25) is 5.02 Å². The number of aryl methyl sites for hydroxylation is 1. The molecule has 0 fully saturated rings.